The van der Waals surface area contributed by atoms with Crippen LogP contribution in [-0.4, -0.2) is 43.3 Å². The van der Waals surface area contributed by atoms with Gasteiger partial charge in [0, 0.05) is 6.42 Å². The Kier molecular flexibility index (Phi) is 5.91. The standard InChI is InChI=1S/C20H15NO5S2/c22-17-16(11-13-6-8-14(9-7-13)18(23)24)28-20(27)21(17)15(19(25)26)10-12-4-2-1-3-5-12/h1-9,11,15H,10H2,(H,23,24)(H,25,26)/b16-11+. The molecule has 0 saturated carbocycles. The molecule has 1 saturated heterocycles. The molecule has 3 rings (SSSR count). The Balaban J connectivity index is 1.85. The number of carbonyl (C=O) groups excluding carboxylic acids is 1. The first-order valence-electron chi connectivity index (χ1n) is 8.24. The lowest BCUT2D eigenvalue weighted by Crippen LogP contribution is -2.45. The quantitative estimate of drug-likeness (QED) is 0.554. The first-order chi connectivity index (χ1) is 13.4. The number of hydrogen-bond acceptors (Lipinski definition) is 5. The van der Waals surface area contributed by atoms with Gasteiger partial charge >= 0.3 is 11.9 Å². The van der Waals surface area contributed by atoms with Gasteiger partial charge in [-0.15, -0.1) is 0 Å². The van der Waals surface area contributed by atoms with E-state index < -0.39 is 23.9 Å². The number of aromatic carboxylic acids is 1. The Bertz CT molecular complexity index is 970. The second-order valence-electron chi connectivity index (χ2n) is 6.02. The lowest BCUT2D eigenvalue weighted by Gasteiger charge is -2.23. The number of amides is 1. The van der Waals surface area contributed by atoms with Crippen LogP contribution < -0.4 is 0 Å². The number of thioether (sulfide) groups is 1. The van der Waals surface area contributed by atoms with E-state index in [4.69, 9.17) is 17.3 Å². The number of benzene rings is 2. The van der Waals surface area contributed by atoms with Crippen LogP contribution in [0.25, 0.3) is 6.08 Å². The van der Waals surface area contributed by atoms with Crippen molar-refractivity contribution in [3.05, 3.63) is 76.2 Å². The molecule has 1 fully saturated rings. The molecule has 1 aliphatic heterocycles. The normalized spacial score (nSPS) is 16.4. The summed E-state index contributed by atoms with van der Waals surface area (Å²) in [6, 6.07) is 14.0. The van der Waals surface area contributed by atoms with E-state index >= 15 is 0 Å². The maximum Gasteiger partial charge on any atom is 0.335 e. The van der Waals surface area contributed by atoms with Crippen molar-refractivity contribution < 1.29 is 24.6 Å². The average molecular weight is 413 g/mol. The van der Waals surface area contributed by atoms with Crippen molar-refractivity contribution in [2.45, 2.75) is 12.5 Å². The molecular weight excluding hydrogens is 398 g/mol. The van der Waals surface area contributed by atoms with Crippen molar-refractivity contribution in [1.29, 1.82) is 0 Å². The Morgan fingerprint density at radius 1 is 1.07 bits per heavy atom. The van der Waals surface area contributed by atoms with Gasteiger partial charge in [-0.05, 0) is 29.3 Å². The molecule has 0 bridgehead atoms. The van der Waals surface area contributed by atoms with Crippen molar-refractivity contribution in [1.82, 2.24) is 4.90 Å². The van der Waals surface area contributed by atoms with E-state index in [1.54, 1.807) is 42.5 Å². The summed E-state index contributed by atoms with van der Waals surface area (Å²) >= 11 is 6.30. The molecule has 6 nitrogen and oxygen atoms in total. The van der Waals surface area contributed by atoms with Crippen LogP contribution in [0.15, 0.2) is 59.5 Å². The summed E-state index contributed by atoms with van der Waals surface area (Å²) in [6.07, 6.45) is 1.72. The molecule has 1 aliphatic rings. The summed E-state index contributed by atoms with van der Waals surface area (Å²) in [7, 11) is 0. The van der Waals surface area contributed by atoms with Gasteiger partial charge in [0.15, 0.2) is 0 Å². The molecule has 0 aliphatic carbocycles. The Morgan fingerprint density at radius 3 is 2.29 bits per heavy atom. The van der Waals surface area contributed by atoms with E-state index in [-0.39, 0.29) is 16.3 Å². The van der Waals surface area contributed by atoms with Crippen molar-refractivity contribution in [3.8, 4) is 0 Å². The van der Waals surface area contributed by atoms with Gasteiger partial charge in [-0.1, -0.05) is 66.4 Å². The number of carboxylic acids is 2. The molecule has 142 valence electrons. The van der Waals surface area contributed by atoms with E-state index in [1.165, 1.54) is 12.1 Å². The number of carboxylic acid groups (broad SMARTS) is 2. The molecule has 28 heavy (non-hydrogen) atoms. The van der Waals surface area contributed by atoms with Gasteiger partial charge < -0.3 is 10.2 Å². The van der Waals surface area contributed by atoms with Gasteiger partial charge in [0.2, 0.25) is 0 Å². The van der Waals surface area contributed by atoms with Gasteiger partial charge in [-0.25, -0.2) is 9.59 Å². The average Bonchev–Trinajstić information content (AvgIpc) is 2.94. The molecule has 2 aromatic carbocycles. The number of nitrogens with zero attached hydrogens (tertiary/aromatic N) is 1. The molecule has 1 amide bonds. The van der Waals surface area contributed by atoms with E-state index in [2.05, 4.69) is 0 Å². The van der Waals surface area contributed by atoms with Crippen molar-refractivity contribution in [2.24, 2.45) is 0 Å². The first kappa shape index (κ1) is 19.8. The smallest absolute Gasteiger partial charge is 0.335 e. The fraction of sp³-hybridized carbons (Fsp3) is 0.100. The molecule has 8 heteroatoms. The molecular formula is C20H15NO5S2. The summed E-state index contributed by atoms with van der Waals surface area (Å²) in [6.45, 7) is 0. The Hall–Kier alpha value is -2.97. The highest BCUT2D eigenvalue weighted by molar-refractivity contribution is 8.26. The number of aliphatic carboxylic acids is 1. The molecule has 0 radical (unpaired) electrons. The fourth-order valence-corrected chi connectivity index (χ4v) is 4.10. The zero-order valence-electron chi connectivity index (χ0n) is 14.4. The van der Waals surface area contributed by atoms with E-state index in [0.717, 1.165) is 22.2 Å². The molecule has 0 spiro atoms. The van der Waals surface area contributed by atoms with Crippen LogP contribution in [0.2, 0.25) is 0 Å². The third-order valence-electron chi connectivity index (χ3n) is 4.15. The minimum atomic E-state index is -1.13. The lowest BCUT2D eigenvalue weighted by atomic mass is 10.0. The number of rotatable bonds is 6. The van der Waals surface area contributed by atoms with Gasteiger partial charge in [0.05, 0.1) is 10.5 Å². The zero-order chi connectivity index (χ0) is 20.3. The minimum Gasteiger partial charge on any atom is -0.480 e. The maximum absolute atomic E-state index is 12.8. The summed E-state index contributed by atoms with van der Waals surface area (Å²) in [5.74, 6) is -2.64. The first-order valence-corrected chi connectivity index (χ1v) is 9.46. The van der Waals surface area contributed by atoms with Crippen LogP contribution in [0, 0.1) is 0 Å². The zero-order valence-corrected chi connectivity index (χ0v) is 16.1. The highest BCUT2D eigenvalue weighted by Crippen LogP contribution is 2.34. The number of hydrogen-bond donors (Lipinski definition) is 2. The second kappa shape index (κ2) is 8.37. The Morgan fingerprint density at radius 2 is 1.71 bits per heavy atom. The maximum atomic E-state index is 12.8. The summed E-state index contributed by atoms with van der Waals surface area (Å²) in [5.41, 5.74) is 1.55. The van der Waals surface area contributed by atoms with E-state index in [0.29, 0.717) is 10.5 Å². The van der Waals surface area contributed by atoms with Gasteiger partial charge in [-0.3, -0.25) is 9.69 Å². The summed E-state index contributed by atoms with van der Waals surface area (Å²) in [5, 5.41) is 18.6. The third-order valence-corrected chi connectivity index (χ3v) is 5.48. The van der Waals surface area contributed by atoms with E-state index in [9.17, 15) is 19.5 Å². The minimum absolute atomic E-state index is 0.138. The van der Waals surface area contributed by atoms with Crippen molar-refractivity contribution >= 4 is 52.2 Å². The van der Waals surface area contributed by atoms with Crippen molar-refractivity contribution in [3.63, 3.8) is 0 Å². The van der Waals surface area contributed by atoms with Crippen LogP contribution in [0.5, 0.6) is 0 Å². The van der Waals surface area contributed by atoms with E-state index in [1.807, 2.05) is 6.07 Å². The summed E-state index contributed by atoms with van der Waals surface area (Å²) < 4.78 is 0.182. The van der Waals surface area contributed by atoms with Gasteiger partial charge in [0.25, 0.3) is 5.91 Å². The molecule has 2 aromatic rings. The lowest BCUT2D eigenvalue weighted by molar-refractivity contribution is -0.145. The number of carbonyl (C=O) groups is 3. The monoisotopic (exact) mass is 413 g/mol. The van der Waals surface area contributed by atoms with Crippen LogP contribution >= 0.6 is 24.0 Å². The molecule has 2 N–H and O–H groups in total. The van der Waals surface area contributed by atoms with Gasteiger partial charge in [-0.2, -0.15) is 0 Å². The van der Waals surface area contributed by atoms with Crippen LogP contribution in [0.1, 0.15) is 21.5 Å². The molecule has 1 unspecified atom stereocenters. The SMILES string of the molecule is O=C(O)c1ccc(/C=C2/SC(=S)N(C(Cc3ccccc3)C(=O)O)C2=O)cc1. The highest BCUT2D eigenvalue weighted by atomic mass is 32.2. The van der Waals surface area contributed by atoms with Gasteiger partial charge in [0.1, 0.15) is 10.4 Å². The molecule has 1 heterocycles. The predicted octanol–water partition coefficient (Wildman–Crippen LogP) is 3.28. The number of thiocarbonyl (C=S) groups is 1. The fourth-order valence-electron chi connectivity index (χ4n) is 2.75. The van der Waals surface area contributed by atoms with Crippen LogP contribution in [-0.2, 0) is 16.0 Å². The highest BCUT2D eigenvalue weighted by Gasteiger charge is 2.40. The van der Waals surface area contributed by atoms with Crippen LogP contribution in [0.3, 0.4) is 0 Å². The predicted molar refractivity (Wildman–Crippen MR) is 110 cm³/mol. The van der Waals surface area contributed by atoms with Crippen molar-refractivity contribution in [2.75, 3.05) is 0 Å². The largest absolute Gasteiger partial charge is 0.480 e. The molecule has 0 aromatic heterocycles. The van der Waals surface area contributed by atoms with Crippen LogP contribution in [0.4, 0.5) is 0 Å². The Labute approximate surface area is 170 Å². The second-order valence-corrected chi connectivity index (χ2v) is 7.70. The molecule has 1 atom stereocenters. The third kappa shape index (κ3) is 4.29. The topological polar surface area (TPSA) is 94.9 Å². The summed E-state index contributed by atoms with van der Waals surface area (Å²) in [4.78, 5) is 37.0.